The third-order valence-corrected chi connectivity index (χ3v) is 5.40. The molecular formula is C26H24N2O6. The summed E-state index contributed by atoms with van der Waals surface area (Å²) in [7, 11) is 3.15. The third-order valence-electron chi connectivity index (χ3n) is 5.40. The SMILES string of the molecule is COc1cc(C=Cc2ccc([N+](=O)[O-])cc2C)c(OC)cc1C=Cc1ccc([N+](=O)[O-])cc1C. The van der Waals surface area contributed by atoms with Crippen LogP contribution in [-0.2, 0) is 0 Å². The Morgan fingerprint density at radius 1 is 0.618 bits per heavy atom. The first-order valence-electron chi connectivity index (χ1n) is 10.4. The van der Waals surface area contributed by atoms with Crippen LogP contribution in [0.15, 0.2) is 48.5 Å². The number of rotatable bonds is 8. The van der Waals surface area contributed by atoms with Crippen molar-refractivity contribution < 1.29 is 19.3 Å². The summed E-state index contributed by atoms with van der Waals surface area (Å²) in [5.41, 5.74) is 4.93. The molecule has 0 aliphatic rings. The van der Waals surface area contributed by atoms with Gasteiger partial charge in [0.05, 0.1) is 24.1 Å². The highest BCUT2D eigenvalue weighted by molar-refractivity contribution is 5.80. The summed E-state index contributed by atoms with van der Waals surface area (Å²) >= 11 is 0. The average molecular weight is 460 g/mol. The standard InChI is InChI=1S/C26H24N2O6/c1-17-13-23(27(29)30)11-9-19(17)5-7-21-15-26(34-4)22(16-25(21)33-3)8-6-20-10-12-24(28(31)32)14-18(20)2/h5-16H,1-4H3. The number of non-ortho nitro benzene ring substituents is 2. The van der Waals surface area contributed by atoms with Crippen LogP contribution in [0.3, 0.4) is 0 Å². The van der Waals surface area contributed by atoms with Crippen LogP contribution in [0, 0.1) is 34.1 Å². The van der Waals surface area contributed by atoms with Crippen molar-refractivity contribution in [2.24, 2.45) is 0 Å². The van der Waals surface area contributed by atoms with E-state index in [1.807, 2.05) is 50.3 Å². The second-order valence-corrected chi connectivity index (χ2v) is 7.60. The lowest BCUT2D eigenvalue weighted by molar-refractivity contribution is -0.385. The number of nitrogens with zero attached hydrogens (tertiary/aromatic N) is 2. The summed E-state index contributed by atoms with van der Waals surface area (Å²) < 4.78 is 11.1. The van der Waals surface area contributed by atoms with Crippen LogP contribution < -0.4 is 9.47 Å². The zero-order valence-electron chi connectivity index (χ0n) is 19.3. The van der Waals surface area contributed by atoms with Gasteiger partial charge in [-0.25, -0.2) is 0 Å². The maximum absolute atomic E-state index is 11.0. The van der Waals surface area contributed by atoms with Crippen molar-refractivity contribution in [2.45, 2.75) is 13.8 Å². The van der Waals surface area contributed by atoms with Crippen LogP contribution in [-0.4, -0.2) is 24.1 Å². The van der Waals surface area contributed by atoms with Gasteiger partial charge in [-0.3, -0.25) is 20.2 Å². The highest BCUT2D eigenvalue weighted by Crippen LogP contribution is 2.32. The zero-order valence-corrected chi connectivity index (χ0v) is 19.3. The average Bonchev–Trinajstić information content (AvgIpc) is 2.82. The second kappa shape index (κ2) is 10.4. The lowest BCUT2D eigenvalue weighted by Crippen LogP contribution is -1.93. The van der Waals surface area contributed by atoms with Crippen molar-refractivity contribution >= 4 is 35.7 Å². The third kappa shape index (κ3) is 5.47. The van der Waals surface area contributed by atoms with E-state index in [9.17, 15) is 20.2 Å². The molecule has 34 heavy (non-hydrogen) atoms. The maximum Gasteiger partial charge on any atom is 0.269 e. The number of aryl methyl sites for hydroxylation is 2. The Kier molecular flexibility index (Phi) is 7.43. The van der Waals surface area contributed by atoms with E-state index < -0.39 is 9.85 Å². The molecule has 0 heterocycles. The van der Waals surface area contributed by atoms with E-state index in [-0.39, 0.29) is 11.4 Å². The van der Waals surface area contributed by atoms with E-state index in [0.717, 1.165) is 33.4 Å². The topological polar surface area (TPSA) is 105 Å². The van der Waals surface area contributed by atoms with E-state index in [0.29, 0.717) is 11.5 Å². The van der Waals surface area contributed by atoms with E-state index >= 15 is 0 Å². The van der Waals surface area contributed by atoms with Crippen molar-refractivity contribution in [2.75, 3.05) is 14.2 Å². The lowest BCUT2D eigenvalue weighted by Gasteiger charge is -2.11. The van der Waals surface area contributed by atoms with Crippen LogP contribution in [0.25, 0.3) is 24.3 Å². The van der Waals surface area contributed by atoms with Gasteiger partial charge in [0.2, 0.25) is 0 Å². The number of nitro groups is 2. The monoisotopic (exact) mass is 460 g/mol. The maximum atomic E-state index is 11.0. The molecule has 3 aromatic rings. The van der Waals surface area contributed by atoms with Gasteiger partial charge in [0.25, 0.3) is 11.4 Å². The molecule has 0 aromatic heterocycles. The summed E-state index contributed by atoms with van der Waals surface area (Å²) in [5, 5.41) is 21.9. The normalized spacial score (nSPS) is 11.2. The first-order valence-corrected chi connectivity index (χ1v) is 10.4. The molecule has 0 saturated carbocycles. The van der Waals surface area contributed by atoms with Crippen LogP contribution >= 0.6 is 0 Å². The van der Waals surface area contributed by atoms with Gasteiger partial charge in [-0.05, 0) is 60.4 Å². The molecule has 8 heteroatoms. The molecule has 0 bridgehead atoms. The van der Waals surface area contributed by atoms with Gasteiger partial charge in [0.15, 0.2) is 0 Å². The molecule has 0 amide bonds. The molecule has 0 fully saturated rings. The van der Waals surface area contributed by atoms with E-state index in [2.05, 4.69) is 0 Å². The number of benzene rings is 3. The largest absolute Gasteiger partial charge is 0.496 e. The summed E-state index contributed by atoms with van der Waals surface area (Å²) in [6.07, 6.45) is 7.46. The molecule has 0 atom stereocenters. The first-order chi connectivity index (χ1) is 16.2. The fourth-order valence-corrected chi connectivity index (χ4v) is 3.49. The Morgan fingerprint density at radius 3 is 1.26 bits per heavy atom. The Morgan fingerprint density at radius 2 is 0.971 bits per heavy atom. The number of methoxy groups -OCH3 is 2. The van der Waals surface area contributed by atoms with Crippen LogP contribution in [0.5, 0.6) is 11.5 Å². The summed E-state index contributed by atoms with van der Waals surface area (Å²) in [6.45, 7) is 3.64. The van der Waals surface area contributed by atoms with E-state index in [1.54, 1.807) is 26.4 Å². The van der Waals surface area contributed by atoms with Crippen LogP contribution in [0.2, 0.25) is 0 Å². The molecule has 0 aliphatic heterocycles. The minimum Gasteiger partial charge on any atom is -0.496 e. The number of hydrogen-bond acceptors (Lipinski definition) is 6. The molecule has 0 N–H and O–H groups in total. The number of hydrogen-bond donors (Lipinski definition) is 0. The molecule has 0 unspecified atom stereocenters. The number of nitro benzene ring substituents is 2. The molecule has 0 saturated heterocycles. The summed E-state index contributed by atoms with van der Waals surface area (Å²) in [6, 6.07) is 13.1. The van der Waals surface area contributed by atoms with Gasteiger partial charge >= 0.3 is 0 Å². The summed E-state index contributed by atoms with van der Waals surface area (Å²) in [4.78, 5) is 21.1. The van der Waals surface area contributed by atoms with Gasteiger partial charge in [0.1, 0.15) is 11.5 Å². The van der Waals surface area contributed by atoms with Gasteiger partial charge in [0, 0.05) is 35.4 Å². The Balaban J connectivity index is 1.93. The van der Waals surface area contributed by atoms with Crippen LogP contribution in [0.4, 0.5) is 11.4 Å². The van der Waals surface area contributed by atoms with Crippen molar-refractivity contribution in [3.8, 4) is 11.5 Å². The lowest BCUT2D eigenvalue weighted by atomic mass is 10.0. The molecule has 0 radical (unpaired) electrons. The molecule has 0 aliphatic carbocycles. The fourth-order valence-electron chi connectivity index (χ4n) is 3.49. The first kappa shape index (κ1) is 24.2. The Bertz CT molecular complexity index is 1210. The fraction of sp³-hybridized carbons (Fsp3) is 0.154. The highest BCUT2D eigenvalue weighted by atomic mass is 16.6. The highest BCUT2D eigenvalue weighted by Gasteiger charge is 2.11. The van der Waals surface area contributed by atoms with Gasteiger partial charge < -0.3 is 9.47 Å². The van der Waals surface area contributed by atoms with Gasteiger partial charge in [-0.2, -0.15) is 0 Å². The molecule has 0 spiro atoms. The predicted molar refractivity (Wildman–Crippen MR) is 133 cm³/mol. The quantitative estimate of drug-likeness (QED) is 0.216. The Hall–Kier alpha value is -4.46. The number of ether oxygens (including phenoxy) is 2. The van der Waals surface area contributed by atoms with Gasteiger partial charge in [-0.1, -0.05) is 24.3 Å². The van der Waals surface area contributed by atoms with E-state index in [1.165, 1.54) is 24.3 Å². The molecule has 3 aromatic carbocycles. The van der Waals surface area contributed by atoms with Gasteiger partial charge in [-0.15, -0.1) is 0 Å². The zero-order chi connectivity index (χ0) is 24.8. The van der Waals surface area contributed by atoms with Crippen LogP contribution in [0.1, 0.15) is 33.4 Å². The van der Waals surface area contributed by atoms with Crippen molar-refractivity contribution in [3.63, 3.8) is 0 Å². The molecular weight excluding hydrogens is 436 g/mol. The minimum absolute atomic E-state index is 0.0493. The molecule has 3 rings (SSSR count). The summed E-state index contributed by atoms with van der Waals surface area (Å²) in [5.74, 6) is 1.24. The molecule has 8 nitrogen and oxygen atoms in total. The Labute approximate surface area is 197 Å². The predicted octanol–water partition coefficient (Wildman–Crippen LogP) is 6.48. The smallest absolute Gasteiger partial charge is 0.269 e. The van der Waals surface area contributed by atoms with Crippen molar-refractivity contribution in [1.29, 1.82) is 0 Å². The van der Waals surface area contributed by atoms with Crippen molar-refractivity contribution in [3.05, 3.63) is 102 Å². The van der Waals surface area contributed by atoms with E-state index in [4.69, 9.17) is 9.47 Å². The van der Waals surface area contributed by atoms with Crippen molar-refractivity contribution in [1.82, 2.24) is 0 Å². The molecule has 174 valence electrons. The second-order valence-electron chi connectivity index (χ2n) is 7.60. The minimum atomic E-state index is -0.418.